The van der Waals surface area contributed by atoms with Gasteiger partial charge in [0.2, 0.25) is 17.7 Å². The van der Waals surface area contributed by atoms with Crippen molar-refractivity contribution in [3.05, 3.63) is 35.7 Å². The van der Waals surface area contributed by atoms with E-state index in [2.05, 4.69) is 25.2 Å². The highest BCUT2D eigenvalue weighted by Crippen LogP contribution is 2.32. The highest BCUT2D eigenvalue weighted by Gasteiger charge is 2.30. The molecule has 1 aliphatic heterocycles. The Bertz CT molecular complexity index is 984. The first-order valence-electron chi connectivity index (χ1n) is 8.77. The number of ether oxygens (including phenoxy) is 1. The molecule has 154 valence electrons. The van der Waals surface area contributed by atoms with Crippen molar-refractivity contribution >= 4 is 17.7 Å². The molecule has 0 saturated carbocycles. The molecule has 0 aliphatic carbocycles. The zero-order valence-corrected chi connectivity index (χ0v) is 16.2. The molecule has 1 aromatic carbocycles. The van der Waals surface area contributed by atoms with Crippen molar-refractivity contribution in [2.24, 2.45) is 7.05 Å². The molecule has 0 atom stereocenters. The first-order chi connectivity index (χ1) is 13.9. The third-order valence-corrected chi connectivity index (χ3v) is 5.35. The smallest absolute Gasteiger partial charge is 0.378 e. The summed E-state index contributed by atoms with van der Waals surface area (Å²) in [4.78, 5) is 6.29. The van der Waals surface area contributed by atoms with E-state index in [4.69, 9.17) is 9.26 Å². The minimum atomic E-state index is -4.43. The van der Waals surface area contributed by atoms with Gasteiger partial charge in [-0.1, -0.05) is 29.1 Å². The fourth-order valence-electron chi connectivity index (χ4n) is 2.86. The van der Waals surface area contributed by atoms with Crippen LogP contribution >= 0.6 is 11.8 Å². The molecule has 2 aromatic heterocycles. The topological polar surface area (TPSA) is 82.1 Å². The number of thioether (sulfide) groups is 1. The zero-order valence-electron chi connectivity index (χ0n) is 15.4. The van der Waals surface area contributed by atoms with Crippen molar-refractivity contribution in [3.8, 4) is 11.4 Å². The van der Waals surface area contributed by atoms with E-state index in [-0.39, 0.29) is 11.4 Å². The molecule has 0 N–H and O–H groups in total. The third-order valence-electron chi connectivity index (χ3n) is 4.35. The summed E-state index contributed by atoms with van der Waals surface area (Å²) < 4.78 is 51.0. The van der Waals surface area contributed by atoms with Gasteiger partial charge in [-0.15, -0.1) is 10.2 Å². The van der Waals surface area contributed by atoms with Crippen molar-refractivity contribution < 1.29 is 22.4 Å². The molecule has 1 aliphatic rings. The normalized spacial score (nSPS) is 15.1. The van der Waals surface area contributed by atoms with Crippen LogP contribution in [-0.2, 0) is 23.7 Å². The number of nitrogens with zero attached hydrogens (tertiary/aromatic N) is 6. The summed E-state index contributed by atoms with van der Waals surface area (Å²) >= 11 is 1.36. The van der Waals surface area contributed by atoms with Gasteiger partial charge in [-0.05, 0) is 12.1 Å². The van der Waals surface area contributed by atoms with Crippen LogP contribution in [0.1, 0.15) is 11.5 Å². The number of hydrogen-bond donors (Lipinski definition) is 0. The molecular weight excluding hydrogens is 409 g/mol. The number of benzene rings is 1. The largest absolute Gasteiger partial charge is 0.416 e. The Morgan fingerprint density at radius 1 is 1.17 bits per heavy atom. The van der Waals surface area contributed by atoms with Crippen LogP contribution in [0.2, 0.25) is 0 Å². The van der Waals surface area contributed by atoms with Crippen LogP contribution in [0.3, 0.4) is 0 Å². The van der Waals surface area contributed by atoms with Crippen molar-refractivity contribution in [3.63, 3.8) is 0 Å². The second-order valence-electron chi connectivity index (χ2n) is 6.32. The fourth-order valence-corrected chi connectivity index (χ4v) is 3.61. The molecule has 0 spiro atoms. The number of alkyl halides is 3. The van der Waals surface area contributed by atoms with E-state index >= 15 is 0 Å². The van der Waals surface area contributed by atoms with E-state index < -0.39 is 11.7 Å². The molecule has 0 radical (unpaired) electrons. The van der Waals surface area contributed by atoms with E-state index in [0.29, 0.717) is 30.0 Å². The Balaban J connectivity index is 1.43. The maximum absolute atomic E-state index is 12.9. The van der Waals surface area contributed by atoms with Gasteiger partial charge >= 0.3 is 6.18 Å². The lowest BCUT2D eigenvalue weighted by Crippen LogP contribution is -2.37. The monoisotopic (exact) mass is 426 g/mol. The highest BCUT2D eigenvalue weighted by molar-refractivity contribution is 7.98. The molecule has 0 bridgehead atoms. The number of aromatic nitrogens is 5. The molecule has 8 nitrogen and oxygen atoms in total. The number of rotatable bonds is 5. The Labute approximate surface area is 168 Å². The Morgan fingerprint density at radius 3 is 2.72 bits per heavy atom. The zero-order chi connectivity index (χ0) is 20.4. The highest BCUT2D eigenvalue weighted by atomic mass is 32.2. The van der Waals surface area contributed by atoms with Crippen LogP contribution in [0.5, 0.6) is 0 Å². The molecule has 0 amide bonds. The fraction of sp³-hybridized carbons (Fsp3) is 0.412. The van der Waals surface area contributed by atoms with Gasteiger partial charge in [-0.2, -0.15) is 18.2 Å². The van der Waals surface area contributed by atoms with Crippen LogP contribution < -0.4 is 4.90 Å². The van der Waals surface area contributed by atoms with Crippen LogP contribution in [-0.4, -0.2) is 51.2 Å². The minimum Gasteiger partial charge on any atom is -0.378 e. The van der Waals surface area contributed by atoms with Gasteiger partial charge in [0.1, 0.15) is 0 Å². The quantitative estimate of drug-likeness (QED) is 0.576. The van der Waals surface area contributed by atoms with Crippen molar-refractivity contribution in [2.75, 3.05) is 31.2 Å². The van der Waals surface area contributed by atoms with Gasteiger partial charge in [0, 0.05) is 25.7 Å². The molecule has 4 rings (SSSR count). The van der Waals surface area contributed by atoms with E-state index in [0.717, 1.165) is 31.2 Å². The van der Waals surface area contributed by atoms with Gasteiger partial charge in [-0.25, -0.2) is 0 Å². The lowest BCUT2D eigenvalue weighted by Gasteiger charge is -2.27. The number of morpholine rings is 1. The van der Waals surface area contributed by atoms with Crippen molar-refractivity contribution in [1.29, 1.82) is 0 Å². The standard InChI is InChI=1S/C17H17F3N6O2S/c1-25-15(26-5-7-27-8-6-26)22-23-16(25)29-10-13-21-14(24-28-13)11-3-2-4-12(9-11)17(18,19)20/h2-4,9H,5-8,10H2,1H3. The van der Waals surface area contributed by atoms with Crippen molar-refractivity contribution in [2.45, 2.75) is 17.1 Å². The van der Waals surface area contributed by atoms with E-state index in [1.807, 2.05) is 11.6 Å². The Morgan fingerprint density at radius 2 is 1.97 bits per heavy atom. The molecule has 0 unspecified atom stereocenters. The summed E-state index contributed by atoms with van der Waals surface area (Å²) in [6.07, 6.45) is -4.43. The summed E-state index contributed by atoms with van der Waals surface area (Å²) in [7, 11) is 1.87. The predicted octanol–water partition coefficient (Wildman–Crippen LogP) is 3.01. The lowest BCUT2D eigenvalue weighted by atomic mass is 10.1. The summed E-state index contributed by atoms with van der Waals surface area (Å²) in [5.74, 6) is 1.48. The number of anilines is 1. The molecule has 3 heterocycles. The second-order valence-corrected chi connectivity index (χ2v) is 7.26. The van der Waals surface area contributed by atoms with Gasteiger partial charge in [-0.3, -0.25) is 4.57 Å². The maximum atomic E-state index is 12.9. The molecule has 12 heteroatoms. The van der Waals surface area contributed by atoms with Crippen LogP contribution in [0.4, 0.5) is 19.1 Å². The molecule has 29 heavy (non-hydrogen) atoms. The lowest BCUT2D eigenvalue weighted by molar-refractivity contribution is -0.137. The predicted molar refractivity (Wildman–Crippen MR) is 98.3 cm³/mol. The first-order valence-corrected chi connectivity index (χ1v) is 9.75. The Hall–Kier alpha value is -2.60. The summed E-state index contributed by atoms with van der Waals surface area (Å²) in [5, 5.41) is 12.9. The van der Waals surface area contributed by atoms with Gasteiger partial charge in [0.05, 0.1) is 24.5 Å². The van der Waals surface area contributed by atoms with Gasteiger partial charge in [0.15, 0.2) is 5.16 Å². The van der Waals surface area contributed by atoms with E-state index in [9.17, 15) is 13.2 Å². The van der Waals surface area contributed by atoms with Gasteiger partial charge in [0.25, 0.3) is 0 Å². The van der Waals surface area contributed by atoms with Crippen LogP contribution in [0.25, 0.3) is 11.4 Å². The molecule has 3 aromatic rings. The summed E-state index contributed by atoms with van der Waals surface area (Å²) in [6.45, 7) is 2.80. The average Bonchev–Trinajstić information content (AvgIpc) is 3.33. The molecule has 1 fully saturated rings. The molecular formula is C17H17F3N6O2S. The van der Waals surface area contributed by atoms with E-state index in [1.54, 1.807) is 0 Å². The average molecular weight is 426 g/mol. The molecule has 1 saturated heterocycles. The third kappa shape index (κ3) is 4.37. The SMILES string of the molecule is Cn1c(SCc2nc(-c3cccc(C(F)(F)F)c3)no2)nnc1N1CCOCC1. The first kappa shape index (κ1) is 19.7. The second kappa shape index (κ2) is 8.03. The summed E-state index contributed by atoms with van der Waals surface area (Å²) in [5.41, 5.74) is -0.515. The van der Waals surface area contributed by atoms with Crippen LogP contribution in [0, 0.1) is 0 Å². The number of hydrogen-bond acceptors (Lipinski definition) is 8. The van der Waals surface area contributed by atoms with Gasteiger partial charge < -0.3 is 14.2 Å². The number of halogens is 3. The van der Waals surface area contributed by atoms with Crippen LogP contribution in [0.15, 0.2) is 33.9 Å². The van der Waals surface area contributed by atoms with E-state index in [1.165, 1.54) is 23.9 Å². The van der Waals surface area contributed by atoms with Crippen molar-refractivity contribution in [1.82, 2.24) is 24.9 Å². The Kier molecular flexibility index (Phi) is 5.46. The maximum Gasteiger partial charge on any atom is 0.416 e. The summed E-state index contributed by atoms with van der Waals surface area (Å²) in [6, 6.07) is 4.82. The minimum absolute atomic E-state index is 0.110.